The monoisotopic (exact) mass is 358 g/mol. The van der Waals surface area contributed by atoms with Crippen LogP contribution in [0.5, 0.6) is 11.5 Å². The SMILES string of the molecule is COc1cc(Nc2ncnc(N)c2Br)c(OC)cc1Cl. The highest BCUT2D eigenvalue weighted by Crippen LogP contribution is 2.38. The zero-order valence-electron chi connectivity index (χ0n) is 10.8. The van der Waals surface area contributed by atoms with Crippen LogP contribution >= 0.6 is 27.5 Å². The Morgan fingerprint density at radius 3 is 2.55 bits per heavy atom. The molecule has 0 amide bonds. The molecule has 0 aliphatic heterocycles. The third-order valence-corrected chi connectivity index (χ3v) is 3.62. The van der Waals surface area contributed by atoms with E-state index in [1.165, 1.54) is 13.4 Å². The van der Waals surface area contributed by atoms with E-state index in [0.29, 0.717) is 38.3 Å². The molecule has 6 nitrogen and oxygen atoms in total. The molecule has 0 saturated heterocycles. The minimum Gasteiger partial charge on any atom is -0.495 e. The first kappa shape index (κ1) is 14.7. The van der Waals surface area contributed by atoms with Gasteiger partial charge in [0.2, 0.25) is 0 Å². The summed E-state index contributed by atoms with van der Waals surface area (Å²) in [6, 6.07) is 3.37. The lowest BCUT2D eigenvalue weighted by atomic mass is 10.2. The minimum absolute atomic E-state index is 0.336. The third-order valence-electron chi connectivity index (χ3n) is 2.54. The number of hydrogen-bond donors (Lipinski definition) is 2. The second-order valence-corrected chi connectivity index (χ2v) is 4.93. The normalized spacial score (nSPS) is 10.2. The summed E-state index contributed by atoms with van der Waals surface area (Å²) in [5.74, 6) is 1.93. The van der Waals surface area contributed by atoms with Gasteiger partial charge in [0.25, 0.3) is 0 Å². The quantitative estimate of drug-likeness (QED) is 0.872. The minimum atomic E-state index is 0.336. The second kappa shape index (κ2) is 6.15. The fourth-order valence-electron chi connectivity index (χ4n) is 1.56. The molecule has 0 radical (unpaired) electrons. The molecule has 0 spiro atoms. The molecular formula is C12H12BrClN4O2. The number of rotatable bonds is 4. The van der Waals surface area contributed by atoms with E-state index in [4.69, 9.17) is 26.8 Å². The average molecular weight is 360 g/mol. The van der Waals surface area contributed by atoms with Crippen molar-refractivity contribution in [2.45, 2.75) is 0 Å². The number of nitrogen functional groups attached to an aromatic ring is 1. The molecule has 20 heavy (non-hydrogen) atoms. The molecule has 3 N–H and O–H groups in total. The van der Waals surface area contributed by atoms with Crippen LogP contribution in [0.2, 0.25) is 5.02 Å². The van der Waals surface area contributed by atoms with Gasteiger partial charge in [0.05, 0.1) is 24.9 Å². The van der Waals surface area contributed by atoms with Crippen molar-refractivity contribution >= 4 is 44.9 Å². The summed E-state index contributed by atoms with van der Waals surface area (Å²) in [5.41, 5.74) is 6.36. The molecule has 1 aromatic heterocycles. The fraction of sp³-hybridized carbons (Fsp3) is 0.167. The topological polar surface area (TPSA) is 82.3 Å². The van der Waals surface area contributed by atoms with Gasteiger partial charge in [-0.3, -0.25) is 0 Å². The predicted octanol–water partition coefficient (Wildman–Crippen LogP) is 3.24. The number of methoxy groups -OCH3 is 2. The van der Waals surface area contributed by atoms with E-state index in [9.17, 15) is 0 Å². The summed E-state index contributed by atoms with van der Waals surface area (Å²) in [6.07, 6.45) is 1.36. The highest BCUT2D eigenvalue weighted by atomic mass is 79.9. The van der Waals surface area contributed by atoms with E-state index < -0.39 is 0 Å². The van der Waals surface area contributed by atoms with Crippen LogP contribution < -0.4 is 20.5 Å². The van der Waals surface area contributed by atoms with Gasteiger partial charge >= 0.3 is 0 Å². The molecule has 0 aliphatic rings. The van der Waals surface area contributed by atoms with Crippen LogP contribution in [0.4, 0.5) is 17.3 Å². The molecule has 0 atom stereocenters. The maximum absolute atomic E-state index is 6.05. The van der Waals surface area contributed by atoms with Gasteiger partial charge < -0.3 is 20.5 Å². The fourth-order valence-corrected chi connectivity index (χ4v) is 2.09. The van der Waals surface area contributed by atoms with E-state index >= 15 is 0 Å². The van der Waals surface area contributed by atoms with E-state index in [1.54, 1.807) is 19.2 Å². The van der Waals surface area contributed by atoms with Gasteiger partial charge in [-0.25, -0.2) is 9.97 Å². The van der Waals surface area contributed by atoms with Crippen LogP contribution in [0, 0.1) is 0 Å². The Morgan fingerprint density at radius 2 is 1.90 bits per heavy atom. The molecular weight excluding hydrogens is 348 g/mol. The number of aromatic nitrogens is 2. The Morgan fingerprint density at radius 1 is 1.20 bits per heavy atom. The number of nitrogens with zero attached hydrogens (tertiary/aromatic N) is 2. The Balaban J connectivity index is 2.44. The lowest BCUT2D eigenvalue weighted by Gasteiger charge is -2.14. The van der Waals surface area contributed by atoms with Crippen LogP contribution in [0.3, 0.4) is 0 Å². The molecule has 1 heterocycles. The summed E-state index contributed by atoms with van der Waals surface area (Å²) in [4.78, 5) is 7.98. The lowest BCUT2D eigenvalue weighted by Crippen LogP contribution is -2.01. The maximum Gasteiger partial charge on any atom is 0.150 e. The van der Waals surface area contributed by atoms with Crippen LogP contribution in [0.1, 0.15) is 0 Å². The predicted molar refractivity (Wildman–Crippen MR) is 82.0 cm³/mol. The zero-order chi connectivity index (χ0) is 14.7. The van der Waals surface area contributed by atoms with Gasteiger partial charge in [0.15, 0.2) is 0 Å². The van der Waals surface area contributed by atoms with Crippen LogP contribution in [-0.2, 0) is 0 Å². The number of benzene rings is 1. The Kier molecular flexibility index (Phi) is 4.51. The third kappa shape index (κ3) is 2.88. The largest absolute Gasteiger partial charge is 0.495 e. The van der Waals surface area contributed by atoms with Gasteiger partial charge in [0, 0.05) is 12.1 Å². The summed E-state index contributed by atoms with van der Waals surface area (Å²) in [5, 5.41) is 3.55. The molecule has 0 fully saturated rings. The van der Waals surface area contributed by atoms with Gasteiger partial charge in [-0.05, 0) is 15.9 Å². The maximum atomic E-state index is 6.05. The van der Waals surface area contributed by atoms with Crippen molar-refractivity contribution in [1.82, 2.24) is 9.97 Å². The number of halogens is 2. The van der Waals surface area contributed by atoms with E-state index in [0.717, 1.165) is 0 Å². The second-order valence-electron chi connectivity index (χ2n) is 3.73. The van der Waals surface area contributed by atoms with Crippen molar-refractivity contribution in [3.63, 3.8) is 0 Å². The van der Waals surface area contributed by atoms with Gasteiger partial charge in [-0.15, -0.1) is 0 Å². The van der Waals surface area contributed by atoms with E-state index in [-0.39, 0.29) is 0 Å². The number of anilines is 3. The number of ether oxygens (including phenoxy) is 2. The highest BCUT2D eigenvalue weighted by Gasteiger charge is 2.13. The van der Waals surface area contributed by atoms with Gasteiger partial charge in [0.1, 0.15) is 33.9 Å². The van der Waals surface area contributed by atoms with Crippen molar-refractivity contribution < 1.29 is 9.47 Å². The first-order valence-corrected chi connectivity index (χ1v) is 6.68. The first-order chi connectivity index (χ1) is 9.56. The summed E-state index contributed by atoms with van der Waals surface area (Å²) in [6.45, 7) is 0. The Labute approximate surface area is 129 Å². The Hall–Kier alpha value is -1.73. The van der Waals surface area contributed by atoms with Crippen LogP contribution in [-0.4, -0.2) is 24.2 Å². The zero-order valence-corrected chi connectivity index (χ0v) is 13.1. The molecule has 1 aromatic carbocycles. The van der Waals surface area contributed by atoms with Crippen molar-refractivity contribution in [2.75, 3.05) is 25.3 Å². The molecule has 8 heteroatoms. The standard InChI is InChI=1S/C12H12BrClN4O2/c1-19-8-4-7(9(20-2)3-6(8)14)18-12-10(13)11(15)16-5-17-12/h3-5H,1-2H3,(H3,15,16,17,18). The molecule has 0 bridgehead atoms. The van der Waals surface area contributed by atoms with Crippen molar-refractivity contribution in [1.29, 1.82) is 0 Å². The van der Waals surface area contributed by atoms with Crippen molar-refractivity contribution in [3.8, 4) is 11.5 Å². The highest BCUT2D eigenvalue weighted by molar-refractivity contribution is 9.10. The number of nitrogens with two attached hydrogens (primary N) is 1. The number of nitrogens with one attached hydrogen (secondary N) is 1. The molecule has 0 saturated carbocycles. The van der Waals surface area contributed by atoms with Gasteiger partial charge in [-0.1, -0.05) is 11.6 Å². The smallest absolute Gasteiger partial charge is 0.150 e. The van der Waals surface area contributed by atoms with Crippen LogP contribution in [0.15, 0.2) is 22.9 Å². The van der Waals surface area contributed by atoms with E-state index in [1.807, 2.05) is 0 Å². The van der Waals surface area contributed by atoms with Crippen molar-refractivity contribution in [3.05, 3.63) is 28.0 Å². The average Bonchev–Trinajstić information content (AvgIpc) is 2.45. The molecule has 0 unspecified atom stereocenters. The lowest BCUT2D eigenvalue weighted by molar-refractivity contribution is 0.405. The molecule has 106 valence electrons. The van der Waals surface area contributed by atoms with E-state index in [2.05, 4.69) is 31.2 Å². The molecule has 0 aliphatic carbocycles. The first-order valence-electron chi connectivity index (χ1n) is 5.51. The summed E-state index contributed by atoms with van der Waals surface area (Å²) >= 11 is 9.38. The van der Waals surface area contributed by atoms with Gasteiger partial charge in [-0.2, -0.15) is 0 Å². The molecule has 2 aromatic rings. The summed E-state index contributed by atoms with van der Waals surface area (Å²) in [7, 11) is 3.09. The number of hydrogen-bond acceptors (Lipinski definition) is 6. The van der Waals surface area contributed by atoms with Crippen molar-refractivity contribution in [2.24, 2.45) is 0 Å². The van der Waals surface area contributed by atoms with Crippen LogP contribution in [0.25, 0.3) is 0 Å². The molecule has 2 rings (SSSR count). The Bertz CT molecular complexity index is 639. The summed E-state index contributed by atoms with van der Waals surface area (Å²) < 4.78 is 11.0.